The van der Waals surface area contributed by atoms with Crippen molar-refractivity contribution in [2.24, 2.45) is 0 Å². The Morgan fingerprint density at radius 3 is 2.56 bits per heavy atom. The molecule has 25 heavy (non-hydrogen) atoms. The Labute approximate surface area is 146 Å². The van der Waals surface area contributed by atoms with Crippen LogP contribution in [0.1, 0.15) is 12.1 Å². The SMILES string of the molecule is CN(C)CCCNc1oc(-c2ccc(S(=O)(=O)N(C)C)o2)nc1C#N. The summed E-state index contributed by atoms with van der Waals surface area (Å²) in [7, 11) is 3.08. The van der Waals surface area contributed by atoms with Crippen LogP contribution in [-0.4, -0.2) is 63.9 Å². The van der Waals surface area contributed by atoms with Crippen molar-refractivity contribution in [1.29, 1.82) is 5.26 Å². The zero-order valence-corrected chi connectivity index (χ0v) is 15.4. The average Bonchev–Trinajstić information content (AvgIpc) is 3.18. The van der Waals surface area contributed by atoms with Gasteiger partial charge in [0, 0.05) is 20.6 Å². The number of oxazole rings is 1. The van der Waals surface area contributed by atoms with Gasteiger partial charge in [-0.3, -0.25) is 0 Å². The van der Waals surface area contributed by atoms with Gasteiger partial charge in [-0.15, -0.1) is 0 Å². The summed E-state index contributed by atoms with van der Waals surface area (Å²) in [6.45, 7) is 1.50. The molecule has 0 spiro atoms. The van der Waals surface area contributed by atoms with Crippen molar-refractivity contribution in [1.82, 2.24) is 14.2 Å². The van der Waals surface area contributed by atoms with Crippen molar-refractivity contribution >= 4 is 15.9 Å². The first-order valence-corrected chi connectivity index (χ1v) is 9.02. The highest BCUT2D eigenvalue weighted by atomic mass is 32.2. The number of hydrogen-bond acceptors (Lipinski definition) is 8. The Balaban J connectivity index is 2.19. The van der Waals surface area contributed by atoms with Gasteiger partial charge in [-0.05, 0) is 39.2 Å². The van der Waals surface area contributed by atoms with Crippen molar-refractivity contribution in [3.8, 4) is 17.7 Å². The normalized spacial score (nSPS) is 11.9. The fourth-order valence-electron chi connectivity index (χ4n) is 1.97. The first-order chi connectivity index (χ1) is 11.8. The van der Waals surface area contributed by atoms with Gasteiger partial charge < -0.3 is 19.1 Å². The Bertz CT molecular complexity index is 861. The van der Waals surface area contributed by atoms with Gasteiger partial charge in [0.2, 0.25) is 16.7 Å². The number of hydrogen-bond donors (Lipinski definition) is 1. The van der Waals surface area contributed by atoms with E-state index in [9.17, 15) is 13.7 Å². The molecule has 0 atom stereocenters. The van der Waals surface area contributed by atoms with E-state index in [1.165, 1.54) is 26.2 Å². The topological polar surface area (TPSA) is 116 Å². The monoisotopic (exact) mass is 367 g/mol. The van der Waals surface area contributed by atoms with Crippen LogP contribution in [0.5, 0.6) is 0 Å². The molecular weight excluding hydrogens is 346 g/mol. The quantitative estimate of drug-likeness (QED) is 0.697. The molecule has 2 aromatic heterocycles. The third kappa shape index (κ3) is 4.39. The number of furan rings is 1. The number of nitrogens with zero attached hydrogens (tertiary/aromatic N) is 4. The molecule has 2 rings (SSSR count). The predicted molar refractivity (Wildman–Crippen MR) is 91.5 cm³/mol. The molecule has 1 N–H and O–H groups in total. The van der Waals surface area contributed by atoms with Crippen molar-refractivity contribution in [3.63, 3.8) is 0 Å². The molecule has 2 aromatic rings. The largest absolute Gasteiger partial charge is 0.438 e. The van der Waals surface area contributed by atoms with Crippen LogP contribution in [0.3, 0.4) is 0 Å². The van der Waals surface area contributed by atoms with E-state index in [-0.39, 0.29) is 28.3 Å². The highest BCUT2D eigenvalue weighted by Gasteiger charge is 2.24. The summed E-state index contributed by atoms with van der Waals surface area (Å²) in [6, 6.07) is 4.71. The van der Waals surface area contributed by atoms with Gasteiger partial charge in [-0.25, -0.2) is 12.7 Å². The summed E-state index contributed by atoms with van der Waals surface area (Å²) in [5, 5.41) is 12.0. The molecule has 0 aliphatic rings. The van der Waals surface area contributed by atoms with Gasteiger partial charge in [0.1, 0.15) is 6.07 Å². The molecular formula is C15H21N5O4S. The molecule has 0 aliphatic carbocycles. The summed E-state index contributed by atoms with van der Waals surface area (Å²) in [6.07, 6.45) is 0.861. The van der Waals surface area contributed by atoms with Crippen LogP contribution in [0.25, 0.3) is 11.7 Å². The molecule has 10 heteroatoms. The summed E-state index contributed by atoms with van der Waals surface area (Å²) in [4.78, 5) is 6.10. The maximum Gasteiger partial charge on any atom is 0.275 e. The minimum absolute atomic E-state index is 0.0480. The number of nitrogens with one attached hydrogen (secondary N) is 1. The fraction of sp³-hybridized carbons (Fsp3) is 0.467. The number of aromatic nitrogens is 1. The molecule has 0 unspecified atom stereocenters. The van der Waals surface area contributed by atoms with Crippen molar-refractivity contribution in [2.45, 2.75) is 11.5 Å². The maximum absolute atomic E-state index is 12.0. The van der Waals surface area contributed by atoms with Gasteiger partial charge in [0.05, 0.1) is 0 Å². The van der Waals surface area contributed by atoms with Crippen LogP contribution < -0.4 is 5.32 Å². The van der Waals surface area contributed by atoms with Crippen LogP contribution in [0.4, 0.5) is 5.88 Å². The van der Waals surface area contributed by atoms with E-state index in [2.05, 4.69) is 10.3 Å². The van der Waals surface area contributed by atoms with Crippen LogP contribution in [0.2, 0.25) is 0 Å². The lowest BCUT2D eigenvalue weighted by molar-refractivity contribution is 0.404. The van der Waals surface area contributed by atoms with E-state index >= 15 is 0 Å². The highest BCUT2D eigenvalue weighted by Crippen LogP contribution is 2.28. The van der Waals surface area contributed by atoms with Crippen LogP contribution in [-0.2, 0) is 10.0 Å². The highest BCUT2D eigenvalue weighted by molar-refractivity contribution is 7.88. The maximum atomic E-state index is 12.0. The molecule has 0 aromatic carbocycles. The first-order valence-electron chi connectivity index (χ1n) is 7.58. The second kappa shape index (κ2) is 7.69. The van der Waals surface area contributed by atoms with Crippen molar-refractivity contribution in [3.05, 3.63) is 17.8 Å². The first kappa shape index (κ1) is 19.0. The molecule has 0 amide bonds. The summed E-state index contributed by atoms with van der Waals surface area (Å²) < 4.78 is 36.0. The summed E-state index contributed by atoms with van der Waals surface area (Å²) >= 11 is 0. The molecule has 0 bridgehead atoms. The molecule has 9 nitrogen and oxygen atoms in total. The standard InChI is InChI=1S/C15H21N5O4S/c1-19(2)9-5-8-17-14-11(10-16)18-15(24-14)12-6-7-13(23-12)25(21,22)20(3)4/h6-7,17H,5,8-9H2,1-4H3. The Morgan fingerprint density at radius 1 is 1.24 bits per heavy atom. The van der Waals surface area contributed by atoms with Gasteiger partial charge in [-0.2, -0.15) is 10.2 Å². The Hall–Kier alpha value is -2.35. The van der Waals surface area contributed by atoms with Gasteiger partial charge in [-0.1, -0.05) is 0 Å². The van der Waals surface area contributed by atoms with E-state index < -0.39 is 10.0 Å². The molecule has 136 valence electrons. The third-order valence-corrected chi connectivity index (χ3v) is 5.02. The Kier molecular flexibility index (Phi) is 5.84. The van der Waals surface area contributed by atoms with E-state index in [4.69, 9.17) is 8.83 Å². The lowest BCUT2D eigenvalue weighted by Crippen LogP contribution is -2.21. The van der Waals surface area contributed by atoms with Crippen molar-refractivity contribution in [2.75, 3.05) is 46.6 Å². The second-order valence-corrected chi connectivity index (χ2v) is 7.88. The van der Waals surface area contributed by atoms with Crippen LogP contribution >= 0.6 is 0 Å². The summed E-state index contributed by atoms with van der Waals surface area (Å²) in [5.74, 6) is 0.426. The van der Waals surface area contributed by atoms with Crippen molar-refractivity contribution < 1.29 is 17.3 Å². The van der Waals surface area contributed by atoms with E-state index in [1.54, 1.807) is 0 Å². The van der Waals surface area contributed by atoms with Gasteiger partial charge in [0.25, 0.3) is 15.9 Å². The zero-order chi connectivity index (χ0) is 18.6. The van der Waals surface area contributed by atoms with Crippen LogP contribution in [0.15, 0.2) is 26.1 Å². The lowest BCUT2D eigenvalue weighted by atomic mass is 10.4. The third-order valence-electron chi connectivity index (χ3n) is 3.33. The molecule has 0 saturated heterocycles. The summed E-state index contributed by atoms with van der Waals surface area (Å²) in [5.41, 5.74) is 0.0910. The predicted octanol–water partition coefficient (Wildman–Crippen LogP) is 1.42. The minimum Gasteiger partial charge on any atom is -0.438 e. The molecule has 2 heterocycles. The fourth-order valence-corrected chi connectivity index (χ4v) is 2.77. The van der Waals surface area contributed by atoms with E-state index in [1.807, 2.05) is 25.1 Å². The molecule has 0 fully saturated rings. The molecule has 0 saturated carbocycles. The lowest BCUT2D eigenvalue weighted by Gasteiger charge is -2.09. The van der Waals surface area contributed by atoms with Crippen LogP contribution in [0, 0.1) is 11.3 Å². The number of nitriles is 1. The zero-order valence-electron chi connectivity index (χ0n) is 14.6. The second-order valence-electron chi connectivity index (χ2n) is 5.80. The average molecular weight is 367 g/mol. The smallest absolute Gasteiger partial charge is 0.275 e. The number of rotatable bonds is 8. The number of sulfonamides is 1. The Morgan fingerprint density at radius 2 is 1.96 bits per heavy atom. The molecule has 0 radical (unpaired) electrons. The van der Waals surface area contributed by atoms with Gasteiger partial charge in [0.15, 0.2) is 5.76 Å². The van der Waals surface area contributed by atoms with Gasteiger partial charge >= 0.3 is 0 Å². The minimum atomic E-state index is -3.69. The molecule has 0 aliphatic heterocycles. The van der Waals surface area contributed by atoms with E-state index in [0.29, 0.717) is 6.54 Å². The number of anilines is 1. The van der Waals surface area contributed by atoms with E-state index in [0.717, 1.165) is 17.3 Å².